The second kappa shape index (κ2) is 18.0. The lowest BCUT2D eigenvalue weighted by Gasteiger charge is -2.31. The Morgan fingerprint density at radius 2 is 1.28 bits per heavy atom. The van der Waals surface area contributed by atoms with Crippen LogP contribution in [-0.2, 0) is 19.0 Å². The van der Waals surface area contributed by atoms with Crippen molar-refractivity contribution in [1.82, 2.24) is 24.4 Å². The number of hydrogen-bond acceptors (Lipinski definition) is 13. The number of hydrogen-bond donors (Lipinski definition) is 4. The van der Waals surface area contributed by atoms with E-state index in [0.29, 0.717) is 81.2 Å². The molecule has 1 aliphatic heterocycles. The molecule has 1 aliphatic rings. The second-order valence-electron chi connectivity index (χ2n) is 17.8. The normalized spacial score (nSPS) is 13.9. The average molecular weight is 1020 g/mol. The van der Waals surface area contributed by atoms with E-state index in [1.54, 1.807) is 48.3 Å². The van der Waals surface area contributed by atoms with Gasteiger partial charge in [0, 0.05) is 53.1 Å². The van der Waals surface area contributed by atoms with Gasteiger partial charge in [0.05, 0.1) is 16.9 Å². The largest absolute Gasteiger partial charge is 0.451 e. The van der Waals surface area contributed by atoms with Gasteiger partial charge in [-0.25, -0.2) is 14.6 Å². The highest BCUT2D eigenvalue weighted by Gasteiger charge is 2.35. The van der Waals surface area contributed by atoms with Gasteiger partial charge in [0.2, 0.25) is 6.35 Å². The summed E-state index contributed by atoms with van der Waals surface area (Å²) >= 11 is 6.36. The van der Waals surface area contributed by atoms with Crippen molar-refractivity contribution in [2.75, 3.05) is 35.7 Å². The van der Waals surface area contributed by atoms with Crippen molar-refractivity contribution in [3.05, 3.63) is 187 Å². The molecule has 6 heterocycles. The number of aromatic nitrogens is 4. The summed E-state index contributed by atoms with van der Waals surface area (Å²) in [7, 11) is 1.67. The monoisotopic (exact) mass is 1020 g/mol. The van der Waals surface area contributed by atoms with Gasteiger partial charge in [-0.1, -0.05) is 60.1 Å². The first kappa shape index (κ1) is 46.2. The first-order valence-corrected chi connectivity index (χ1v) is 23.9. The Kier molecular flexibility index (Phi) is 11.2. The lowest BCUT2D eigenvalue weighted by atomic mass is 10.1. The van der Waals surface area contributed by atoms with Gasteiger partial charge in [-0.2, -0.15) is 23.1 Å². The lowest BCUT2D eigenvalue weighted by Crippen LogP contribution is -2.39. The molecular weight excluding hydrogens is 975 g/mol. The molecule has 6 aromatic carbocycles. The Balaban J connectivity index is 0.842. The number of halogens is 4. The third-order valence-corrected chi connectivity index (χ3v) is 13.3. The molecule has 19 heteroatoms. The Morgan fingerprint density at radius 3 is 1.99 bits per heavy atom. The zero-order valence-corrected chi connectivity index (χ0v) is 40.0. The van der Waals surface area contributed by atoms with Gasteiger partial charge in [0.25, 0.3) is 0 Å². The highest BCUT2D eigenvalue weighted by molar-refractivity contribution is 6.31. The number of benzene rings is 6. The maximum atomic E-state index is 14.3. The Morgan fingerprint density at radius 1 is 0.649 bits per heavy atom. The standard InChI is InChI=1S/C55H41ClF3N9O6/c1-29-8-5-11-34(24-29)66-44-38-18-17-33(56)28-42(38)74-47(44)50(64-53(66)70)61-22-20-31-10-7-13-36(26-31)68-45-39-27-32(55(57,58)59)16-19-41(39)73-48(45)51(65-54(68)71)62-23-21-30-9-6-12-35(25-30)67-43-37-14-3-4-15-40(37)72-46(43)49(60-2)63-52(67)69/h3-19,24-28,53,70H,20-23H2,1-2H3,(H,61,64)(H,60,63,69)(H,62,65,71). The van der Waals surface area contributed by atoms with Crippen molar-refractivity contribution in [1.29, 1.82) is 0 Å². The predicted octanol–water partition coefficient (Wildman–Crippen LogP) is 11.0. The van der Waals surface area contributed by atoms with Crippen LogP contribution in [-0.4, -0.2) is 56.5 Å². The Labute approximate surface area is 421 Å². The van der Waals surface area contributed by atoms with Crippen LogP contribution in [0, 0.1) is 6.92 Å². The number of furan rings is 3. The molecule has 74 heavy (non-hydrogen) atoms. The molecule has 11 aromatic rings. The van der Waals surface area contributed by atoms with Crippen molar-refractivity contribution >= 4 is 95.6 Å². The number of nitrogens with zero attached hydrogens (tertiary/aromatic N) is 6. The number of aliphatic imine (C=N–C) groups is 1. The minimum Gasteiger partial charge on any atom is -0.451 e. The maximum Gasteiger partial charge on any atom is 0.416 e. The summed E-state index contributed by atoms with van der Waals surface area (Å²) in [4.78, 5) is 42.8. The van der Waals surface area contributed by atoms with E-state index in [4.69, 9.17) is 24.9 Å². The topological polar surface area (TPSA) is 181 Å². The van der Waals surface area contributed by atoms with Gasteiger partial charge in [-0.15, -0.1) is 0 Å². The van der Waals surface area contributed by atoms with E-state index >= 15 is 0 Å². The van der Waals surface area contributed by atoms with Crippen LogP contribution < -0.4 is 32.2 Å². The highest BCUT2D eigenvalue weighted by atomic mass is 35.5. The van der Waals surface area contributed by atoms with Crippen LogP contribution in [0.3, 0.4) is 0 Å². The number of alkyl halides is 3. The zero-order valence-electron chi connectivity index (χ0n) is 39.3. The molecule has 15 nitrogen and oxygen atoms in total. The summed E-state index contributed by atoms with van der Waals surface area (Å²) in [5.74, 6) is 1.08. The van der Waals surface area contributed by atoms with Crippen molar-refractivity contribution in [3.63, 3.8) is 0 Å². The zero-order chi connectivity index (χ0) is 51.0. The molecule has 0 saturated carbocycles. The predicted molar refractivity (Wildman–Crippen MR) is 280 cm³/mol. The molecule has 0 aliphatic carbocycles. The minimum absolute atomic E-state index is 0.0424. The van der Waals surface area contributed by atoms with Crippen LogP contribution >= 0.6 is 11.6 Å². The second-order valence-corrected chi connectivity index (χ2v) is 18.3. The third kappa shape index (κ3) is 8.04. The van der Waals surface area contributed by atoms with Crippen LogP contribution in [0.1, 0.15) is 28.0 Å². The third-order valence-electron chi connectivity index (χ3n) is 13.1. The minimum atomic E-state index is -4.68. The van der Waals surface area contributed by atoms with Gasteiger partial charge in [-0.3, -0.25) is 14.0 Å². The molecule has 0 amide bonds. The number of aliphatic hydroxyl groups excluding tert-OH is 1. The molecule has 4 N–H and O–H groups in total. The van der Waals surface area contributed by atoms with Gasteiger partial charge < -0.3 is 34.3 Å². The molecular formula is C55H41ClF3N9O6. The molecule has 1 atom stereocenters. The molecule has 0 radical (unpaired) electrons. The van der Waals surface area contributed by atoms with Crippen molar-refractivity contribution < 1.29 is 31.5 Å². The Bertz CT molecular complexity index is 4210. The summed E-state index contributed by atoms with van der Waals surface area (Å²) in [5, 5.41) is 23.0. The van der Waals surface area contributed by atoms with Crippen LogP contribution in [0.4, 0.5) is 36.2 Å². The quantitative estimate of drug-likeness (QED) is 0.0964. The summed E-state index contributed by atoms with van der Waals surface area (Å²) in [6.45, 7) is 2.48. The fourth-order valence-electron chi connectivity index (χ4n) is 9.73. The maximum absolute atomic E-state index is 14.3. The number of aryl methyl sites for hydroxylation is 1. The molecule has 370 valence electrons. The SMILES string of the molecule is CNc1nc(=O)n(-c2cccc(CCNc3nc(=O)n(-c4cccc(CCNC5=NC(O)N(c6cccc(C)c6)c6c5oc5cc(Cl)ccc65)c4)c4c3oc3ccc(C(F)(F)F)cc34)c2)c2c1oc1ccccc12. The first-order chi connectivity index (χ1) is 35.8. The molecule has 5 aromatic heterocycles. The van der Waals surface area contributed by atoms with E-state index in [1.807, 2.05) is 85.8 Å². The number of anilines is 4. The van der Waals surface area contributed by atoms with Crippen LogP contribution in [0.25, 0.3) is 66.5 Å². The van der Waals surface area contributed by atoms with Crippen molar-refractivity contribution in [3.8, 4) is 11.4 Å². The number of rotatable bonds is 11. The van der Waals surface area contributed by atoms with E-state index in [-0.39, 0.29) is 34.4 Å². The van der Waals surface area contributed by atoms with Gasteiger partial charge in [0.1, 0.15) is 33.5 Å². The molecule has 12 rings (SSSR count). The van der Waals surface area contributed by atoms with Crippen molar-refractivity contribution in [2.24, 2.45) is 4.99 Å². The fraction of sp³-hybridized carbons (Fsp3) is 0.145. The summed E-state index contributed by atoms with van der Waals surface area (Å²) in [5.41, 5.74) is 5.00. The Hall–Kier alpha value is -8.87. The molecule has 0 fully saturated rings. The first-order valence-electron chi connectivity index (χ1n) is 23.5. The van der Waals surface area contributed by atoms with Gasteiger partial charge in [0.15, 0.2) is 34.4 Å². The van der Waals surface area contributed by atoms with Gasteiger partial charge >= 0.3 is 17.6 Å². The molecule has 1 unspecified atom stereocenters. The fourth-order valence-corrected chi connectivity index (χ4v) is 9.89. The van der Waals surface area contributed by atoms with Crippen molar-refractivity contribution in [2.45, 2.75) is 32.3 Å². The average Bonchev–Trinajstić information content (AvgIpc) is 4.08. The number of amidine groups is 1. The molecule has 0 spiro atoms. The highest BCUT2D eigenvalue weighted by Crippen LogP contribution is 2.43. The summed E-state index contributed by atoms with van der Waals surface area (Å²) in [6.07, 6.45) is -5.22. The van der Waals surface area contributed by atoms with E-state index < -0.39 is 29.5 Å². The summed E-state index contributed by atoms with van der Waals surface area (Å²) < 4.78 is 64.2. The lowest BCUT2D eigenvalue weighted by molar-refractivity contribution is -0.137. The van der Waals surface area contributed by atoms with Gasteiger partial charge in [-0.05, 0) is 115 Å². The van der Waals surface area contributed by atoms with E-state index in [2.05, 4.69) is 30.9 Å². The number of nitrogens with one attached hydrogen (secondary N) is 3. The summed E-state index contributed by atoms with van der Waals surface area (Å²) in [6, 6.07) is 37.9. The molecule has 0 bridgehead atoms. The number of fused-ring (bicyclic) bond motifs is 9. The van der Waals surface area contributed by atoms with E-state index in [0.717, 1.165) is 45.3 Å². The number of aliphatic hydroxyl groups is 1. The van der Waals surface area contributed by atoms with E-state index in [9.17, 15) is 27.9 Å². The number of para-hydroxylation sites is 1. The van der Waals surface area contributed by atoms with Crippen LogP contribution in [0.15, 0.2) is 161 Å². The van der Waals surface area contributed by atoms with Crippen LogP contribution in [0.2, 0.25) is 5.02 Å². The smallest absolute Gasteiger partial charge is 0.416 e. The van der Waals surface area contributed by atoms with E-state index in [1.165, 1.54) is 15.2 Å². The van der Waals surface area contributed by atoms with Crippen LogP contribution in [0.5, 0.6) is 0 Å². The molecule has 0 saturated heterocycles.